The molecule has 3 saturated heterocycles. The molecule has 3 aliphatic heterocycles. The van der Waals surface area contributed by atoms with E-state index >= 15 is 0 Å². The van der Waals surface area contributed by atoms with Crippen molar-refractivity contribution in [2.24, 2.45) is 11.8 Å². The van der Waals surface area contributed by atoms with E-state index in [1.807, 2.05) is 30.3 Å². The van der Waals surface area contributed by atoms with E-state index in [4.69, 9.17) is 4.74 Å². The Bertz CT molecular complexity index is 1110. The third kappa shape index (κ3) is 3.74. The van der Waals surface area contributed by atoms with E-state index in [1.165, 1.54) is 35.6 Å². The van der Waals surface area contributed by atoms with E-state index in [0.717, 1.165) is 36.0 Å². The standard InChI is InChI=1S/C26H25FN2O2/c1-2-17-16-29-14-12-19(17)15-24(29)25(31-26(30)18-7-9-20(27)10-8-18)22-11-13-28-23-6-4-3-5-21(22)23/h2-11,13,17,19,24-25H,1,12,14-16H2/p+1/t17-,19+,24-,25+/m0/s1. The summed E-state index contributed by atoms with van der Waals surface area (Å²) in [4.78, 5) is 19.0. The van der Waals surface area contributed by atoms with Gasteiger partial charge in [0.15, 0.2) is 6.10 Å². The van der Waals surface area contributed by atoms with E-state index in [9.17, 15) is 9.18 Å². The van der Waals surface area contributed by atoms with Crippen LogP contribution in [0.1, 0.15) is 34.9 Å². The highest BCUT2D eigenvalue weighted by atomic mass is 19.1. The number of benzene rings is 2. The zero-order chi connectivity index (χ0) is 21.4. The number of quaternary nitrogens is 1. The Hall–Kier alpha value is -3.05. The maximum Gasteiger partial charge on any atom is 0.338 e. The van der Waals surface area contributed by atoms with Gasteiger partial charge in [0.25, 0.3) is 0 Å². The van der Waals surface area contributed by atoms with Gasteiger partial charge in [0.1, 0.15) is 11.9 Å². The summed E-state index contributed by atoms with van der Waals surface area (Å²) >= 11 is 0. The molecule has 3 aromatic rings. The molecule has 1 unspecified atom stereocenters. The zero-order valence-corrected chi connectivity index (χ0v) is 17.3. The average molecular weight is 418 g/mol. The van der Waals surface area contributed by atoms with Crippen molar-refractivity contribution in [3.63, 3.8) is 0 Å². The van der Waals surface area contributed by atoms with Crippen molar-refractivity contribution in [2.75, 3.05) is 13.1 Å². The predicted molar refractivity (Wildman–Crippen MR) is 117 cm³/mol. The van der Waals surface area contributed by atoms with Crippen molar-refractivity contribution in [2.45, 2.75) is 25.0 Å². The minimum Gasteiger partial charge on any atom is -0.447 e. The summed E-state index contributed by atoms with van der Waals surface area (Å²) in [5, 5.41) is 1.00. The first-order valence-corrected chi connectivity index (χ1v) is 10.9. The van der Waals surface area contributed by atoms with Gasteiger partial charge in [-0.15, -0.1) is 6.58 Å². The molecule has 0 radical (unpaired) electrons. The fourth-order valence-electron chi connectivity index (χ4n) is 5.39. The molecule has 0 aliphatic carbocycles. The van der Waals surface area contributed by atoms with Crippen molar-refractivity contribution in [1.82, 2.24) is 4.98 Å². The van der Waals surface area contributed by atoms with E-state index in [0.29, 0.717) is 17.4 Å². The summed E-state index contributed by atoms with van der Waals surface area (Å²) in [6.07, 6.45) is 5.65. The lowest BCUT2D eigenvalue weighted by Crippen LogP contribution is -3.20. The van der Waals surface area contributed by atoms with Crippen LogP contribution in [-0.2, 0) is 4.74 Å². The van der Waals surface area contributed by atoms with E-state index in [1.54, 1.807) is 6.20 Å². The molecule has 2 bridgehead atoms. The van der Waals surface area contributed by atoms with Gasteiger partial charge in [0.05, 0.1) is 24.2 Å². The number of pyridine rings is 1. The number of nitrogens with zero attached hydrogens (tertiary/aromatic N) is 1. The molecule has 0 spiro atoms. The Morgan fingerprint density at radius 3 is 2.74 bits per heavy atom. The number of esters is 1. The average Bonchev–Trinajstić information content (AvgIpc) is 2.82. The van der Waals surface area contributed by atoms with Crippen molar-refractivity contribution in [3.8, 4) is 0 Å². The number of rotatable bonds is 5. The van der Waals surface area contributed by atoms with Gasteiger partial charge in [-0.1, -0.05) is 24.3 Å². The molecule has 4 heterocycles. The second-order valence-electron chi connectivity index (χ2n) is 8.65. The third-order valence-corrected chi connectivity index (χ3v) is 6.99. The molecule has 1 aromatic heterocycles. The molecule has 5 atom stereocenters. The quantitative estimate of drug-likeness (QED) is 0.508. The van der Waals surface area contributed by atoms with Crippen LogP contribution in [0, 0.1) is 17.7 Å². The van der Waals surface area contributed by atoms with Crippen molar-refractivity contribution in [1.29, 1.82) is 0 Å². The number of halogens is 1. The van der Waals surface area contributed by atoms with Gasteiger partial charge in [-0.05, 0) is 42.3 Å². The fourth-order valence-corrected chi connectivity index (χ4v) is 5.39. The Morgan fingerprint density at radius 1 is 1.19 bits per heavy atom. The highest BCUT2D eigenvalue weighted by Crippen LogP contribution is 2.36. The van der Waals surface area contributed by atoms with Gasteiger partial charge in [-0.25, -0.2) is 9.18 Å². The normalized spacial score (nSPS) is 25.8. The van der Waals surface area contributed by atoms with Crippen molar-refractivity contribution >= 4 is 16.9 Å². The molecule has 3 fully saturated rings. The Kier molecular flexibility index (Phi) is 5.28. The highest BCUT2D eigenvalue weighted by Gasteiger charge is 2.47. The second kappa shape index (κ2) is 8.23. The van der Waals surface area contributed by atoms with Crippen LogP contribution in [0.5, 0.6) is 0 Å². The maximum absolute atomic E-state index is 13.3. The molecule has 5 heteroatoms. The molecule has 2 aromatic carbocycles. The lowest BCUT2D eigenvalue weighted by molar-refractivity contribution is -0.949. The largest absolute Gasteiger partial charge is 0.447 e. The lowest BCUT2D eigenvalue weighted by atomic mass is 9.73. The summed E-state index contributed by atoms with van der Waals surface area (Å²) < 4.78 is 19.5. The van der Waals surface area contributed by atoms with Gasteiger partial charge >= 0.3 is 5.97 Å². The predicted octanol–water partition coefficient (Wildman–Crippen LogP) is 3.75. The van der Waals surface area contributed by atoms with Crippen LogP contribution < -0.4 is 4.90 Å². The van der Waals surface area contributed by atoms with E-state index in [2.05, 4.69) is 17.6 Å². The monoisotopic (exact) mass is 417 g/mol. The lowest BCUT2D eigenvalue weighted by Gasteiger charge is -2.48. The number of fused-ring (bicyclic) bond motifs is 4. The summed E-state index contributed by atoms with van der Waals surface area (Å²) in [7, 11) is 0. The van der Waals surface area contributed by atoms with E-state index in [-0.39, 0.29) is 11.9 Å². The third-order valence-electron chi connectivity index (χ3n) is 6.99. The van der Waals surface area contributed by atoms with Crippen LogP contribution in [0.15, 0.2) is 73.4 Å². The molecule has 4 nitrogen and oxygen atoms in total. The number of piperidine rings is 3. The first kappa shape index (κ1) is 19.9. The Morgan fingerprint density at radius 2 is 2.00 bits per heavy atom. The molecular weight excluding hydrogens is 391 g/mol. The summed E-state index contributed by atoms with van der Waals surface area (Å²) in [6.45, 7) is 6.13. The Labute approximate surface area is 181 Å². The second-order valence-corrected chi connectivity index (χ2v) is 8.65. The van der Waals surface area contributed by atoms with Crippen LogP contribution in [-0.4, -0.2) is 30.1 Å². The Balaban J connectivity index is 1.53. The van der Waals surface area contributed by atoms with Gasteiger partial charge in [-0.3, -0.25) is 4.98 Å². The van der Waals surface area contributed by atoms with E-state index < -0.39 is 12.1 Å². The minimum atomic E-state index is -0.423. The number of nitrogens with one attached hydrogen (secondary N) is 1. The number of hydrogen-bond donors (Lipinski definition) is 1. The molecule has 3 aliphatic rings. The molecule has 31 heavy (non-hydrogen) atoms. The minimum absolute atomic E-state index is 0.171. The number of ether oxygens (including phenoxy) is 1. The fraction of sp³-hybridized carbons (Fsp3) is 0.308. The first-order chi connectivity index (χ1) is 15.1. The number of para-hydroxylation sites is 1. The molecule has 6 rings (SSSR count). The number of carbonyl (C=O) groups is 1. The molecule has 0 saturated carbocycles. The molecular formula is C26H26FN2O2+. The van der Waals surface area contributed by atoms with Crippen molar-refractivity contribution < 1.29 is 18.8 Å². The summed E-state index contributed by atoms with van der Waals surface area (Å²) in [6, 6.07) is 15.6. The SMILES string of the molecule is C=C[C@H]1C[NH+]2CC[C@@H]1C[C@H]2[C@H](OC(=O)c1ccc(F)cc1)c1ccnc2ccccc12. The summed E-state index contributed by atoms with van der Waals surface area (Å²) in [5.41, 5.74) is 2.23. The maximum atomic E-state index is 13.3. The van der Waals surface area contributed by atoms with Crippen molar-refractivity contribution in [3.05, 3.63) is 90.4 Å². The number of carbonyl (C=O) groups excluding carboxylic acids is 1. The van der Waals surface area contributed by atoms with Gasteiger partial charge in [0.2, 0.25) is 0 Å². The smallest absolute Gasteiger partial charge is 0.338 e. The molecule has 1 N–H and O–H groups in total. The molecule has 0 amide bonds. The number of aromatic nitrogens is 1. The van der Waals surface area contributed by atoms with Crippen LogP contribution >= 0.6 is 0 Å². The van der Waals surface area contributed by atoms with Crippen LogP contribution in [0.3, 0.4) is 0 Å². The van der Waals surface area contributed by atoms with Gasteiger partial charge in [0, 0.05) is 35.9 Å². The van der Waals surface area contributed by atoms with Crippen LogP contribution in [0.4, 0.5) is 4.39 Å². The van der Waals surface area contributed by atoms with Crippen LogP contribution in [0.25, 0.3) is 10.9 Å². The molecule has 158 valence electrons. The number of hydrogen-bond acceptors (Lipinski definition) is 3. The zero-order valence-electron chi connectivity index (χ0n) is 17.3. The van der Waals surface area contributed by atoms with Crippen LogP contribution in [0.2, 0.25) is 0 Å². The highest BCUT2D eigenvalue weighted by molar-refractivity contribution is 5.90. The van der Waals surface area contributed by atoms with Gasteiger partial charge < -0.3 is 9.64 Å². The topological polar surface area (TPSA) is 43.6 Å². The summed E-state index contributed by atoms with van der Waals surface area (Å²) in [5.74, 6) is 0.291. The van der Waals surface area contributed by atoms with Gasteiger partial charge in [-0.2, -0.15) is 0 Å². The first-order valence-electron chi connectivity index (χ1n) is 10.9.